The molecule has 2 heterocycles. The number of anilines is 1. The van der Waals surface area contributed by atoms with Crippen molar-refractivity contribution >= 4 is 23.5 Å². The fourth-order valence-electron chi connectivity index (χ4n) is 3.07. The van der Waals surface area contributed by atoms with Crippen LogP contribution in [0.3, 0.4) is 0 Å². The predicted molar refractivity (Wildman–Crippen MR) is 101 cm³/mol. The summed E-state index contributed by atoms with van der Waals surface area (Å²) in [7, 11) is 1.82. The molecule has 1 amide bonds. The summed E-state index contributed by atoms with van der Waals surface area (Å²) in [5, 5.41) is 3.43. The standard InChI is InChI=1S/C19H21N3O2S/c1-4-10-25-19-21-18(24)16-14(11-15(23)20-17(16)22(19)3)13-8-6-12(5-2)7-9-13/h4,6-9,14H,1,5,10-11H2,2-3H3,(H,20,23)/t14-/m0/s1. The normalized spacial score (nSPS) is 16.2. The van der Waals surface area contributed by atoms with E-state index >= 15 is 0 Å². The summed E-state index contributed by atoms with van der Waals surface area (Å²) in [5.41, 5.74) is 2.49. The van der Waals surface area contributed by atoms with Crippen molar-refractivity contribution in [1.82, 2.24) is 9.55 Å². The first-order chi connectivity index (χ1) is 12.0. The monoisotopic (exact) mass is 355 g/mol. The molecule has 25 heavy (non-hydrogen) atoms. The van der Waals surface area contributed by atoms with E-state index in [1.165, 1.54) is 17.3 Å². The first-order valence-electron chi connectivity index (χ1n) is 8.28. The van der Waals surface area contributed by atoms with E-state index in [1.54, 1.807) is 10.6 Å². The van der Waals surface area contributed by atoms with Crippen molar-refractivity contribution in [1.29, 1.82) is 0 Å². The molecule has 2 aromatic rings. The van der Waals surface area contributed by atoms with Gasteiger partial charge in [0.2, 0.25) is 5.91 Å². The molecule has 1 N–H and O–H groups in total. The minimum atomic E-state index is -0.274. The summed E-state index contributed by atoms with van der Waals surface area (Å²) in [5.74, 6) is 0.846. The molecule has 1 atom stereocenters. The average Bonchev–Trinajstić information content (AvgIpc) is 2.62. The number of nitrogens with zero attached hydrogens (tertiary/aromatic N) is 2. The lowest BCUT2D eigenvalue weighted by Crippen LogP contribution is -2.33. The van der Waals surface area contributed by atoms with E-state index in [9.17, 15) is 9.59 Å². The molecule has 1 aliphatic heterocycles. The van der Waals surface area contributed by atoms with Crippen molar-refractivity contribution in [2.45, 2.75) is 30.8 Å². The van der Waals surface area contributed by atoms with E-state index in [0.717, 1.165) is 12.0 Å². The van der Waals surface area contributed by atoms with Crippen LogP contribution in [0.1, 0.15) is 36.0 Å². The number of hydrogen-bond donors (Lipinski definition) is 1. The molecule has 130 valence electrons. The maximum absolute atomic E-state index is 12.7. The van der Waals surface area contributed by atoms with E-state index < -0.39 is 0 Å². The molecule has 0 unspecified atom stereocenters. The van der Waals surface area contributed by atoms with Gasteiger partial charge in [-0.3, -0.25) is 9.59 Å². The Morgan fingerprint density at radius 3 is 2.72 bits per heavy atom. The highest BCUT2D eigenvalue weighted by molar-refractivity contribution is 7.99. The van der Waals surface area contributed by atoms with E-state index in [1.807, 2.05) is 31.3 Å². The molecule has 0 bridgehead atoms. The molecule has 0 saturated heterocycles. The fraction of sp³-hybridized carbons (Fsp3) is 0.316. The number of fused-ring (bicyclic) bond motifs is 1. The van der Waals surface area contributed by atoms with Gasteiger partial charge in [0.25, 0.3) is 5.56 Å². The Morgan fingerprint density at radius 1 is 1.36 bits per heavy atom. The van der Waals surface area contributed by atoms with Gasteiger partial charge in [-0.2, -0.15) is 4.98 Å². The molecule has 1 aromatic carbocycles. The maximum atomic E-state index is 12.7. The highest BCUT2D eigenvalue weighted by atomic mass is 32.2. The van der Waals surface area contributed by atoms with Crippen LogP contribution in [0.25, 0.3) is 0 Å². The number of benzene rings is 1. The number of carbonyl (C=O) groups excluding carboxylic acids is 1. The fourth-order valence-corrected chi connectivity index (χ4v) is 3.77. The largest absolute Gasteiger partial charge is 0.312 e. The zero-order valence-corrected chi connectivity index (χ0v) is 15.2. The molecular weight excluding hydrogens is 334 g/mol. The first kappa shape index (κ1) is 17.5. The number of aryl methyl sites for hydroxylation is 1. The second-order valence-electron chi connectivity index (χ2n) is 6.02. The van der Waals surface area contributed by atoms with Crippen LogP contribution in [0, 0.1) is 0 Å². The third kappa shape index (κ3) is 3.39. The minimum absolute atomic E-state index is 0.0852. The third-order valence-electron chi connectivity index (χ3n) is 4.42. The molecule has 0 saturated carbocycles. The lowest BCUT2D eigenvalue weighted by molar-refractivity contribution is -0.116. The lowest BCUT2D eigenvalue weighted by atomic mass is 9.86. The van der Waals surface area contributed by atoms with Crippen LogP contribution in [-0.4, -0.2) is 21.2 Å². The Hall–Kier alpha value is -2.34. The van der Waals surface area contributed by atoms with Gasteiger partial charge in [-0.15, -0.1) is 6.58 Å². The Balaban J connectivity index is 2.10. The van der Waals surface area contributed by atoms with Gasteiger partial charge in [0.15, 0.2) is 5.16 Å². The van der Waals surface area contributed by atoms with Gasteiger partial charge in [0.1, 0.15) is 5.82 Å². The second kappa shape index (κ2) is 7.27. The SMILES string of the molecule is C=CCSc1nc(=O)c2c(n1C)NC(=O)C[C@H]2c1ccc(CC)cc1. The van der Waals surface area contributed by atoms with Gasteiger partial charge in [-0.1, -0.05) is 49.0 Å². The molecule has 1 aliphatic rings. The molecular formula is C19H21N3O2S. The zero-order chi connectivity index (χ0) is 18.0. The molecule has 3 rings (SSSR count). The lowest BCUT2D eigenvalue weighted by Gasteiger charge is -2.27. The van der Waals surface area contributed by atoms with Gasteiger partial charge in [0.05, 0.1) is 5.56 Å². The van der Waals surface area contributed by atoms with Crippen LogP contribution in [0.5, 0.6) is 0 Å². The Kier molecular flexibility index (Phi) is 5.08. The Bertz CT molecular complexity index is 871. The number of hydrogen-bond acceptors (Lipinski definition) is 4. The van der Waals surface area contributed by atoms with E-state index in [4.69, 9.17) is 0 Å². The summed E-state index contributed by atoms with van der Waals surface area (Å²) in [6.07, 6.45) is 2.97. The molecule has 5 nitrogen and oxygen atoms in total. The number of aromatic nitrogens is 2. The van der Waals surface area contributed by atoms with Crippen LogP contribution in [-0.2, 0) is 18.3 Å². The highest BCUT2D eigenvalue weighted by Gasteiger charge is 2.31. The molecule has 0 fully saturated rings. The van der Waals surface area contributed by atoms with Crippen molar-refractivity contribution in [2.75, 3.05) is 11.1 Å². The Morgan fingerprint density at radius 2 is 2.08 bits per heavy atom. The number of carbonyl (C=O) groups is 1. The predicted octanol–water partition coefficient (Wildman–Crippen LogP) is 3.09. The number of nitrogens with one attached hydrogen (secondary N) is 1. The highest BCUT2D eigenvalue weighted by Crippen LogP contribution is 2.35. The summed E-state index contributed by atoms with van der Waals surface area (Å²) < 4.78 is 1.79. The zero-order valence-electron chi connectivity index (χ0n) is 14.4. The first-order valence-corrected chi connectivity index (χ1v) is 9.27. The third-order valence-corrected chi connectivity index (χ3v) is 5.45. The number of thioether (sulfide) groups is 1. The molecule has 6 heteroatoms. The minimum Gasteiger partial charge on any atom is -0.312 e. The molecule has 0 aliphatic carbocycles. The second-order valence-corrected chi connectivity index (χ2v) is 7.01. The summed E-state index contributed by atoms with van der Waals surface area (Å²) in [6.45, 7) is 5.79. The van der Waals surface area contributed by atoms with Crippen molar-refractivity contribution in [2.24, 2.45) is 7.05 Å². The summed E-state index contributed by atoms with van der Waals surface area (Å²) >= 11 is 1.42. The smallest absolute Gasteiger partial charge is 0.279 e. The Labute approximate surface area is 151 Å². The van der Waals surface area contributed by atoms with Gasteiger partial charge < -0.3 is 9.88 Å². The van der Waals surface area contributed by atoms with Gasteiger partial charge >= 0.3 is 0 Å². The van der Waals surface area contributed by atoms with Crippen molar-refractivity contribution in [3.05, 3.63) is 64.0 Å². The van der Waals surface area contributed by atoms with Crippen molar-refractivity contribution in [3.8, 4) is 0 Å². The molecule has 0 spiro atoms. The topological polar surface area (TPSA) is 64.0 Å². The van der Waals surface area contributed by atoms with Crippen molar-refractivity contribution < 1.29 is 4.79 Å². The van der Waals surface area contributed by atoms with Gasteiger partial charge in [-0.05, 0) is 17.5 Å². The number of amides is 1. The van der Waals surface area contributed by atoms with Crippen LogP contribution in [0.2, 0.25) is 0 Å². The molecule has 1 aromatic heterocycles. The van der Waals surface area contributed by atoms with E-state index in [2.05, 4.69) is 23.8 Å². The average molecular weight is 355 g/mol. The van der Waals surface area contributed by atoms with Crippen LogP contribution in [0.4, 0.5) is 5.82 Å². The molecule has 0 radical (unpaired) electrons. The van der Waals surface area contributed by atoms with Crippen LogP contribution < -0.4 is 10.9 Å². The van der Waals surface area contributed by atoms with Gasteiger partial charge in [-0.25, -0.2) is 0 Å². The summed E-state index contributed by atoms with van der Waals surface area (Å²) in [6, 6.07) is 8.11. The van der Waals surface area contributed by atoms with E-state index in [0.29, 0.717) is 22.3 Å². The van der Waals surface area contributed by atoms with Crippen LogP contribution >= 0.6 is 11.8 Å². The summed E-state index contributed by atoms with van der Waals surface area (Å²) in [4.78, 5) is 29.2. The van der Waals surface area contributed by atoms with Crippen molar-refractivity contribution in [3.63, 3.8) is 0 Å². The quantitative estimate of drug-likeness (QED) is 0.508. The van der Waals surface area contributed by atoms with E-state index in [-0.39, 0.29) is 23.8 Å². The number of rotatable bonds is 5. The maximum Gasteiger partial charge on any atom is 0.279 e. The van der Waals surface area contributed by atoms with Crippen LogP contribution in [0.15, 0.2) is 46.9 Å². The van der Waals surface area contributed by atoms with Gasteiger partial charge in [0, 0.05) is 25.1 Å².